The zero-order chi connectivity index (χ0) is 29.2. The van der Waals surface area contributed by atoms with Gasteiger partial charge in [0.15, 0.2) is 5.82 Å². The topological polar surface area (TPSA) is 69.2 Å². The Morgan fingerprint density at radius 1 is 0.837 bits per heavy atom. The minimum Gasteiger partial charge on any atom is -0.494 e. The molecule has 0 spiro atoms. The molecule has 4 aromatic rings. The van der Waals surface area contributed by atoms with E-state index in [2.05, 4.69) is 97.7 Å². The van der Waals surface area contributed by atoms with E-state index in [1.807, 2.05) is 11.1 Å². The summed E-state index contributed by atoms with van der Waals surface area (Å²) in [6, 6.07) is 24.2. The summed E-state index contributed by atoms with van der Waals surface area (Å²) in [4.78, 5) is 22.8. The van der Waals surface area contributed by atoms with Crippen molar-refractivity contribution in [1.29, 1.82) is 0 Å². The number of piperidine rings is 1. The van der Waals surface area contributed by atoms with Crippen molar-refractivity contribution >= 4 is 33.8 Å². The van der Waals surface area contributed by atoms with E-state index in [9.17, 15) is 0 Å². The lowest BCUT2D eigenvalue weighted by molar-refractivity contribution is 0.0982. The summed E-state index contributed by atoms with van der Waals surface area (Å²) in [6.45, 7) is 7.51. The van der Waals surface area contributed by atoms with Gasteiger partial charge in [0.1, 0.15) is 17.9 Å². The van der Waals surface area contributed by atoms with Crippen LogP contribution >= 0.6 is 0 Å². The van der Waals surface area contributed by atoms with E-state index in [4.69, 9.17) is 9.57 Å². The van der Waals surface area contributed by atoms with Gasteiger partial charge >= 0.3 is 0 Å². The molecule has 3 fully saturated rings. The van der Waals surface area contributed by atoms with Crippen LogP contribution in [0.2, 0.25) is 0 Å². The largest absolute Gasteiger partial charge is 0.494 e. The van der Waals surface area contributed by atoms with Crippen molar-refractivity contribution < 1.29 is 9.57 Å². The zero-order valence-corrected chi connectivity index (χ0v) is 25.2. The number of likely N-dealkylation sites (N-methyl/N-ethyl adjacent to an activating group) is 1. The summed E-state index contributed by atoms with van der Waals surface area (Å²) in [5.41, 5.74) is 3.29. The highest BCUT2D eigenvalue weighted by Crippen LogP contribution is 2.37. The van der Waals surface area contributed by atoms with E-state index in [0.29, 0.717) is 18.5 Å². The molecular weight excluding hydrogens is 538 g/mol. The van der Waals surface area contributed by atoms with Crippen LogP contribution in [0.4, 0.5) is 23.0 Å². The summed E-state index contributed by atoms with van der Waals surface area (Å²) in [6.07, 6.45) is 4.89. The zero-order valence-electron chi connectivity index (χ0n) is 25.2. The number of hydrogen-bond acceptors (Lipinski definition) is 9. The number of fused-ring (bicyclic) bond motifs is 1. The fraction of sp³-hybridized carbons (Fsp3) is 0.412. The quantitative estimate of drug-likeness (QED) is 0.307. The molecule has 3 saturated heterocycles. The van der Waals surface area contributed by atoms with Gasteiger partial charge in [-0.1, -0.05) is 36.4 Å². The number of rotatable bonds is 7. The maximum atomic E-state index is 6.08. The molecule has 0 aliphatic carbocycles. The molecule has 1 aromatic heterocycles. The SMILES string of the molecule is COc1cc(N2CCC(N3CCN(C)CC3)CC2)ccc1Nc1cc(N2OCC[C@@H]2c2ccc3ccccc3c2)ncn1. The Labute approximate surface area is 254 Å². The lowest BCUT2D eigenvalue weighted by Gasteiger charge is -2.42. The highest BCUT2D eigenvalue weighted by Gasteiger charge is 2.30. The van der Waals surface area contributed by atoms with E-state index in [0.717, 1.165) is 36.8 Å². The number of nitrogens with zero attached hydrogens (tertiary/aromatic N) is 6. The summed E-state index contributed by atoms with van der Waals surface area (Å²) in [5.74, 6) is 2.22. The molecule has 7 rings (SSSR count). The number of nitrogens with one attached hydrogen (secondary N) is 1. The fourth-order valence-corrected chi connectivity index (χ4v) is 6.74. The van der Waals surface area contributed by atoms with Gasteiger partial charge < -0.3 is 19.9 Å². The van der Waals surface area contributed by atoms with Crippen molar-refractivity contribution in [2.45, 2.75) is 31.3 Å². The van der Waals surface area contributed by atoms with Crippen molar-refractivity contribution in [3.05, 3.63) is 78.6 Å². The van der Waals surface area contributed by atoms with Crippen LogP contribution in [0.25, 0.3) is 10.8 Å². The third kappa shape index (κ3) is 5.98. The Morgan fingerprint density at radius 2 is 1.65 bits per heavy atom. The molecule has 0 bridgehead atoms. The van der Waals surface area contributed by atoms with Gasteiger partial charge in [-0.05, 0) is 54.4 Å². The van der Waals surface area contributed by atoms with Crippen molar-refractivity contribution in [3.8, 4) is 5.75 Å². The van der Waals surface area contributed by atoms with E-state index in [1.54, 1.807) is 13.4 Å². The van der Waals surface area contributed by atoms with Crippen molar-refractivity contribution in [2.24, 2.45) is 0 Å². The Hall–Kier alpha value is -3.92. The van der Waals surface area contributed by atoms with E-state index < -0.39 is 0 Å². The van der Waals surface area contributed by atoms with E-state index in [-0.39, 0.29) is 6.04 Å². The summed E-state index contributed by atoms with van der Waals surface area (Å²) in [7, 11) is 3.95. The van der Waals surface area contributed by atoms with Gasteiger partial charge in [0.25, 0.3) is 0 Å². The van der Waals surface area contributed by atoms with E-state index in [1.165, 1.54) is 61.0 Å². The van der Waals surface area contributed by atoms with Gasteiger partial charge in [-0.3, -0.25) is 9.74 Å². The van der Waals surface area contributed by atoms with Crippen LogP contribution in [0.3, 0.4) is 0 Å². The number of ether oxygens (including phenoxy) is 1. The maximum absolute atomic E-state index is 6.08. The maximum Gasteiger partial charge on any atom is 0.158 e. The molecule has 43 heavy (non-hydrogen) atoms. The molecule has 9 nitrogen and oxygen atoms in total. The Bertz CT molecular complexity index is 1550. The first-order chi connectivity index (χ1) is 21.1. The Morgan fingerprint density at radius 3 is 2.47 bits per heavy atom. The predicted octanol–water partition coefficient (Wildman–Crippen LogP) is 5.48. The Kier molecular flexibility index (Phi) is 8.02. The number of aromatic nitrogens is 2. The highest BCUT2D eigenvalue weighted by atomic mass is 16.7. The molecule has 4 heterocycles. The molecule has 0 radical (unpaired) electrons. The van der Waals surface area contributed by atoms with Gasteiger partial charge in [0.05, 0.1) is 25.4 Å². The second-order valence-electron chi connectivity index (χ2n) is 11.9. The summed E-state index contributed by atoms with van der Waals surface area (Å²) in [5, 5.41) is 7.85. The number of hydroxylamine groups is 1. The number of piperazine rings is 1. The number of anilines is 4. The third-order valence-electron chi connectivity index (χ3n) is 9.27. The number of hydrogen-bond donors (Lipinski definition) is 1. The number of benzene rings is 3. The van der Waals surface area contributed by atoms with Crippen LogP contribution in [0, 0.1) is 0 Å². The molecule has 1 atom stereocenters. The molecule has 0 saturated carbocycles. The van der Waals surface area contributed by atoms with Gasteiger partial charge in [-0.25, -0.2) is 15.0 Å². The Balaban J connectivity index is 1.03. The smallest absolute Gasteiger partial charge is 0.158 e. The fourth-order valence-electron chi connectivity index (χ4n) is 6.74. The lowest BCUT2D eigenvalue weighted by Crippen LogP contribution is -2.52. The van der Waals surface area contributed by atoms with Crippen LogP contribution in [0.1, 0.15) is 30.9 Å². The molecule has 1 N–H and O–H groups in total. The van der Waals surface area contributed by atoms with Crippen LogP contribution in [-0.2, 0) is 4.84 Å². The molecule has 9 heteroatoms. The van der Waals surface area contributed by atoms with Crippen LogP contribution in [-0.4, -0.2) is 85.8 Å². The van der Waals surface area contributed by atoms with Gasteiger partial charge in [-0.2, -0.15) is 0 Å². The first kappa shape index (κ1) is 27.9. The molecule has 0 unspecified atom stereocenters. The van der Waals surface area contributed by atoms with Gasteiger partial charge in [0.2, 0.25) is 0 Å². The summed E-state index contributed by atoms with van der Waals surface area (Å²) >= 11 is 0. The first-order valence-corrected chi connectivity index (χ1v) is 15.5. The van der Waals surface area contributed by atoms with Crippen molar-refractivity contribution in [3.63, 3.8) is 0 Å². The minimum absolute atomic E-state index is 0.0848. The van der Waals surface area contributed by atoms with Crippen molar-refractivity contribution in [2.75, 3.05) is 75.3 Å². The van der Waals surface area contributed by atoms with Gasteiger partial charge in [0, 0.05) is 69.6 Å². The average molecular weight is 580 g/mol. The lowest BCUT2D eigenvalue weighted by atomic mass is 10.0. The first-order valence-electron chi connectivity index (χ1n) is 15.5. The number of methoxy groups -OCH3 is 1. The third-order valence-corrected chi connectivity index (χ3v) is 9.27. The van der Waals surface area contributed by atoms with Gasteiger partial charge in [-0.15, -0.1) is 0 Å². The van der Waals surface area contributed by atoms with Crippen LogP contribution in [0.15, 0.2) is 73.1 Å². The van der Waals surface area contributed by atoms with Crippen LogP contribution in [0.5, 0.6) is 5.75 Å². The molecule has 3 aliphatic heterocycles. The predicted molar refractivity (Wildman–Crippen MR) is 172 cm³/mol. The average Bonchev–Trinajstić information content (AvgIpc) is 3.56. The second kappa shape index (κ2) is 12.4. The molecule has 3 aliphatic rings. The summed E-state index contributed by atoms with van der Waals surface area (Å²) < 4.78 is 5.83. The highest BCUT2D eigenvalue weighted by molar-refractivity contribution is 5.83. The monoisotopic (exact) mass is 579 g/mol. The standard InChI is InChI=1S/C34H41N7O2/c1-38-16-18-40(19-17-38)28-11-14-39(15-12-28)29-9-10-30(32(22-29)42-2)37-33-23-34(36-24-35-33)41-31(13-20-43-41)27-8-7-25-5-3-4-6-26(25)21-27/h3-10,21-24,28,31H,11-20H2,1-2H3,(H,35,36,37)/t31-/m1/s1. The van der Waals surface area contributed by atoms with Crippen LogP contribution < -0.4 is 20.0 Å². The molecule has 3 aromatic carbocycles. The van der Waals surface area contributed by atoms with E-state index >= 15 is 0 Å². The van der Waals surface area contributed by atoms with Crippen molar-refractivity contribution in [1.82, 2.24) is 19.8 Å². The molecule has 0 amide bonds. The normalized spacial score (nSPS) is 20.6. The molecular formula is C34H41N7O2. The minimum atomic E-state index is 0.0848. The molecule has 224 valence electrons. The second-order valence-corrected chi connectivity index (χ2v) is 11.9.